The summed E-state index contributed by atoms with van der Waals surface area (Å²) in [6.07, 6.45) is -2.97. The number of anilines is 1. The van der Waals surface area contributed by atoms with Crippen molar-refractivity contribution in [1.82, 2.24) is 4.98 Å². The summed E-state index contributed by atoms with van der Waals surface area (Å²) in [5.41, 5.74) is 6.22. The molecule has 0 aliphatic rings. The van der Waals surface area contributed by atoms with Crippen molar-refractivity contribution in [1.29, 1.82) is 0 Å². The van der Waals surface area contributed by atoms with Crippen molar-refractivity contribution in [3.8, 4) is 10.4 Å². The SMILES string of the molecule is C[C@H](C[C@H](N)c1ccc(-c2ccc(C(F)(F)F)nc2)s1)C(=O)Nc1ccc(F)c(Cl)c1. The lowest BCUT2D eigenvalue weighted by molar-refractivity contribution is -0.141. The van der Waals surface area contributed by atoms with E-state index in [1.54, 1.807) is 19.1 Å². The normalized spacial score (nSPS) is 13.6. The molecule has 2 aromatic heterocycles. The van der Waals surface area contributed by atoms with E-state index in [1.165, 1.54) is 35.7 Å². The molecule has 0 saturated heterocycles. The number of hydrogen-bond donors (Lipinski definition) is 2. The molecule has 0 spiro atoms. The van der Waals surface area contributed by atoms with Gasteiger partial charge < -0.3 is 11.1 Å². The van der Waals surface area contributed by atoms with E-state index in [2.05, 4.69) is 10.3 Å². The number of halogens is 5. The van der Waals surface area contributed by atoms with Gasteiger partial charge in [-0.2, -0.15) is 13.2 Å². The first-order valence-corrected chi connectivity index (χ1v) is 10.4. The van der Waals surface area contributed by atoms with Crippen LogP contribution in [0.2, 0.25) is 5.02 Å². The molecule has 31 heavy (non-hydrogen) atoms. The molecule has 0 bridgehead atoms. The highest BCUT2D eigenvalue weighted by Gasteiger charge is 2.32. The van der Waals surface area contributed by atoms with E-state index in [1.807, 2.05) is 0 Å². The molecule has 164 valence electrons. The molecule has 0 aliphatic carbocycles. The van der Waals surface area contributed by atoms with Crippen LogP contribution in [0.3, 0.4) is 0 Å². The van der Waals surface area contributed by atoms with Crippen molar-refractivity contribution in [2.24, 2.45) is 11.7 Å². The van der Waals surface area contributed by atoms with Gasteiger partial charge in [0.2, 0.25) is 5.91 Å². The zero-order valence-corrected chi connectivity index (χ0v) is 17.8. The second kappa shape index (κ2) is 9.33. The van der Waals surface area contributed by atoms with Crippen LogP contribution in [-0.2, 0) is 11.0 Å². The lowest BCUT2D eigenvalue weighted by Gasteiger charge is -2.16. The molecule has 2 atom stereocenters. The highest BCUT2D eigenvalue weighted by Crippen LogP contribution is 2.34. The van der Waals surface area contributed by atoms with Gasteiger partial charge in [0, 0.05) is 39.2 Å². The summed E-state index contributed by atoms with van der Waals surface area (Å²) in [5, 5.41) is 2.58. The standard InChI is InChI=1S/C21H18ClF4N3OS/c1-11(20(30)29-13-3-4-15(23)14(22)9-13)8-16(27)18-6-5-17(31-18)12-2-7-19(28-10-12)21(24,25)26/h2-7,9-11,16H,8,27H2,1H3,(H,29,30)/t11-,16+/m1/s1. The van der Waals surface area contributed by atoms with Crippen molar-refractivity contribution >= 4 is 34.5 Å². The molecule has 0 radical (unpaired) electrons. The molecule has 0 unspecified atom stereocenters. The summed E-state index contributed by atoms with van der Waals surface area (Å²) in [5.74, 6) is -1.31. The number of nitrogens with one attached hydrogen (secondary N) is 1. The van der Waals surface area contributed by atoms with Gasteiger partial charge in [-0.05, 0) is 48.9 Å². The molecule has 3 N–H and O–H groups in total. The van der Waals surface area contributed by atoms with Crippen molar-refractivity contribution in [3.05, 3.63) is 70.1 Å². The number of pyridine rings is 1. The summed E-state index contributed by atoms with van der Waals surface area (Å²) >= 11 is 7.05. The highest BCUT2D eigenvalue weighted by atomic mass is 35.5. The number of hydrogen-bond acceptors (Lipinski definition) is 4. The minimum Gasteiger partial charge on any atom is -0.326 e. The van der Waals surface area contributed by atoms with Gasteiger partial charge in [-0.25, -0.2) is 4.39 Å². The Morgan fingerprint density at radius 2 is 1.97 bits per heavy atom. The Kier molecular flexibility index (Phi) is 6.98. The third kappa shape index (κ3) is 5.81. The quantitative estimate of drug-likeness (QED) is 0.415. The number of thiophene rings is 1. The molecule has 1 aromatic carbocycles. The molecule has 3 aromatic rings. The summed E-state index contributed by atoms with van der Waals surface area (Å²) in [4.78, 5) is 17.4. The molecule has 10 heteroatoms. The predicted octanol–water partition coefficient (Wildman–Crippen LogP) is 6.29. The number of carbonyl (C=O) groups excluding carboxylic acids is 1. The van der Waals surface area contributed by atoms with Gasteiger partial charge in [0.25, 0.3) is 0 Å². The van der Waals surface area contributed by atoms with Crippen LogP contribution in [0.5, 0.6) is 0 Å². The molecule has 1 amide bonds. The fourth-order valence-electron chi connectivity index (χ4n) is 2.86. The monoisotopic (exact) mass is 471 g/mol. The molecular formula is C21H18ClF4N3OS. The Hall–Kier alpha value is -2.49. The van der Waals surface area contributed by atoms with Crippen LogP contribution >= 0.6 is 22.9 Å². The Morgan fingerprint density at radius 3 is 2.58 bits per heavy atom. The maximum Gasteiger partial charge on any atom is 0.433 e. The van der Waals surface area contributed by atoms with E-state index in [0.29, 0.717) is 17.7 Å². The first-order valence-electron chi connectivity index (χ1n) is 9.19. The Bertz CT molecular complexity index is 1070. The number of nitrogens with two attached hydrogens (primary N) is 1. The van der Waals surface area contributed by atoms with E-state index < -0.39 is 29.6 Å². The van der Waals surface area contributed by atoms with Gasteiger partial charge >= 0.3 is 6.18 Å². The summed E-state index contributed by atoms with van der Waals surface area (Å²) < 4.78 is 51.2. The number of amides is 1. The first-order chi connectivity index (χ1) is 14.5. The minimum atomic E-state index is -4.49. The molecule has 0 aliphatic heterocycles. The number of alkyl halides is 3. The molecular weight excluding hydrogens is 454 g/mol. The van der Waals surface area contributed by atoms with E-state index in [4.69, 9.17) is 17.3 Å². The van der Waals surface area contributed by atoms with E-state index in [0.717, 1.165) is 21.9 Å². The average molecular weight is 472 g/mol. The van der Waals surface area contributed by atoms with Gasteiger partial charge in [-0.1, -0.05) is 18.5 Å². The molecule has 0 fully saturated rings. The van der Waals surface area contributed by atoms with Gasteiger partial charge in [-0.15, -0.1) is 11.3 Å². The van der Waals surface area contributed by atoms with Crippen LogP contribution in [0.4, 0.5) is 23.2 Å². The van der Waals surface area contributed by atoms with Crippen LogP contribution in [-0.4, -0.2) is 10.9 Å². The maximum absolute atomic E-state index is 13.2. The van der Waals surface area contributed by atoms with Crippen LogP contribution < -0.4 is 11.1 Å². The van der Waals surface area contributed by atoms with Crippen molar-refractivity contribution in [2.45, 2.75) is 25.6 Å². The summed E-state index contributed by atoms with van der Waals surface area (Å²) in [7, 11) is 0. The molecule has 3 rings (SSSR count). The highest BCUT2D eigenvalue weighted by molar-refractivity contribution is 7.15. The topological polar surface area (TPSA) is 68.0 Å². The molecule has 0 saturated carbocycles. The Labute approximate surface area is 185 Å². The molecule has 4 nitrogen and oxygen atoms in total. The number of aromatic nitrogens is 1. The first kappa shape index (κ1) is 23.2. The number of benzene rings is 1. The van der Waals surface area contributed by atoms with Gasteiger partial charge in [-0.3, -0.25) is 9.78 Å². The number of carbonyl (C=O) groups is 1. The van der Waals surface area contributed by atoms with Crippen molar-refractivity contribution < 1.29 is 22.4 Å². The minimum absolute atomic E-state index is 0.0916. The third-order valence-electron chi connectivity index (χ3n) is 4.57. The van der Waals surface area contributed by atoms with Gasteiger partial charge in [0.05, 0.1) is 5.02 Å². The fourth-order valence-corrected chi connectivity index (χ4v) is 4.05. The smallest absolute Gasteiger partial charge is 0.326 e. The zero-order chi connectivity index (χ0) is 22.8. The lowest BCUT2D eigenvalue weighted by Crippen LogP contribution is -2.24. The fraction of sp³-hybridized carbons (Fsp3) is 0.238. The van der Waals surface area contributed by atoms with Gasteiger partial charge in [0.15, 0.2) is 0 Å². The summed E-state index contributed by atoms with van der Waals surface area (Å²) in [6.45, 7) is 1.72. The lowest BCUT2D eigenvalue weighted by atomic mass is 10.0. The zero-order valence-electron chi connectivity index (χ0n) is 16.2. The number of nitrogens with zero attached hydrogens (tertiary/aromatic N) is 1. The molecule has 2 heterocycles. The summed E-state index contributed by atoms with van der Waals surface area (Å²) in [6, 6.07) is 9.29. The van der Waals surface area contributed by atoms with Crippen LogP contribution in [0.15, 0.2) is 48.7 Å². The van der Waals surface area contributed by atoms with Crippen LogP contribution in [0.25, 0.3) is 10.4 Å². The predicted molar refractivity (Wildman–Crippen MR) is 113 cm³/mol. The second-order valence-electron chi connectivity index (χ2n) is 6.99. The van der Waals surface area contributed by atoms with E-state index in [9.17, 15) is 22.4 Å². The average Bonchev–Trinajstić information content (AvgIpc) is 3.20. The number of rotatable bonds is 6. The Balaban J connectivity index is 1.62. The van der Waals surface area contributed by atoms with E-state index in [-0.39, 0.29) is 10.9 Å². The van der Waals surface area contributed by atoms with Crippen LogP contribution in [0, 0.1) is 11.7 Å². The van der Waals surface area contributed by atoms with Crippen LogP contribution in [0.1, 0.15) is 30.0 Å². The second-order valence-corrected chi connectivity index (χ2v) is 8.52. The Morgan fingerprint density at radius 1 is 1.23 bits per heavy atom. The van der Waals surface area contributed by atoms with Gasteiger partial charge in [0.1, 0.15) is 11.5 Å². The van der Waals surface area contributed by atoms with E-state index >= 15 is 0 Å². The van der Waals surface area contributed by atoms with Crippen molar-refractivity contribution in [2.75, 3.05) is 5.32 Å². The van der Waals surface area contributed by atoms with Crippen molar-refractivity contribution in [3.63, 3.8) is 0 Å². The third-order valence-corrected chi connectivity index (χ3v) is 6.13. The largest absolute Gasteiger partial charge is 0.433 e. The maximum atomic E-state index is 13.2.